The van der Waals surface area contributed by atoms with Crippen LogP contribution in [0.1, 0.15) is 36.6 Å². The minimum Gasteiger partial charge on any atom is -0.507 e. The van der Waals surface area contributed by atoms with Crippen LogP contribution in [0.4, 0.5) is 0 Å². The fourth-order valence-corrected chi connectivity index (χ4v) is 4.19. The molecule has 4 rings (SSSR count). The second-order valence-electron chi connectivity index (χ2n) is 8.69. The molecule has 1 amide bonds. The summed E-state index contributed by atoms with van der Waals surface area (Å²) in [7, 11) is 0. The second kappa shape index (κ2) is 10.5. The zero-order valence-corrected chi connectivity index (χ0v) is 20.8. The molecule has 0 radical (unpaired) electrons. The van der Waals surface area contributed by atoms with Crippen molar-refractivity contribution in [3.63, 3.8) is 0 Å². The number of carbonyl (C=O) groups excluding carboxylic acids is 2. The molecular weight excluding hydrogens is 487 g/mol. The lowest BCUT2D eigenvalue weighted by Crippen LogP contribution is -2.29. The Balaban J connectivity index is 1.78. The number of hydrogen-bond acceptors (Lipinski definition) is 5. The van der Waals surface area contributed by atoms with Crippen molar-refractivity contribution < 1.29 is 19.4 Å². The molecule has 35 heavy (non-hydrogen) atoms. The maximum Gasteiger partial charge on any atom is 0.295 e. The number of nitrogens with zero attached hydrogens (tertiary/aromatic N) is 2. The molecule has 0 aliphatic carbocycles. The highest BCUT2D eigenvalue weighted by Gasteiger charge is 2.46. The van der Waals surface area contributed by atoms with Crippen LogP contribution in [0.5, 0.6) is 5.75 Å². The first-order valence-corrected chi connectivity index (χ1v) is 11.9. The molecule has 0 spiro atoms. The third-order valence-corrected chi connectivity index (χ3v) is 6.35. The fraction of sp³-hybridized carbons (Fsp3) is 0.222. The van der Waals surface area contributed by atoms with Crippen molar-refractivity contribution >= 4 is 40.7 Å². The number of ether oxygens (including phenoxy) is 1. The highest BCUT2D eigenvalue weighted by molar-refractivity contribution is 6.46. The number of likely N-dealkylation sites (tertiary alicyclic amines) is 1. The van der Waals surface area contributed by atoms with Gasteiger partial charge in [-0.3, -0.25) is 14.6 Å². The summed E-state index contributed by atoms with van der Waals surface area (Å²) in [5.74, 6) is -0.740. The molecule has 1 aliphatic heterocycles. The molecule has 1 aliphatic rings. The van der Waals surface area contributed by atoms with Crippen molar-refractivity contribution in [3.8, 4) is 5.75 Å². The van der Waals surface area contributed by atoms with Crippen LogP contribution >= 0.6 is 23.2 Å². The van der Waals surface area contributed by atoms with Gasteiger partial charge in [-0.1, -0.05) is 43.1 Å². The van der Waals surface area contributed by atoms with E-state index in [4.69, 9.17) is 27.9 Å². The number of rotatable bonds is 7. The Morgan fingerprint density at radius 2 is 1.71 bits per heavy atom. The average molecular weight is 511 g/mol. The molecule has 1 fully saturated rings. The first-order valence-electron chi connectivity index (χ1n) is 11.1. The zero-order chi connectivity index (χ0) is 25.1. The SMILES string of the molecule is CC(C)COc1ccc(/C(O)=C2/C(=O)C(=O)N(Cc3ccncc3)C2c2ccc(Cl)c(Cl)c2)cc1. The molecule has 1 N–H and O–H groups in total. The van der Waals surface area contributed by atoms with E-state index in [9.17, 15) is 14.7 Å². The molecule has 180 valence electrons. The quantitative estimate of drug-likeness (QED) is 0.238. The summed E-state index contributed by atoms with van der Waals surface area (Å²) in [6.07, 6.45) is 3.23. The highest BCUT2D eigenvalue weighted by Crippen LogP contribution is 2.41. The number of hydrogen-bond donors (Lipinski definition) is 1. The maximum atomic E-state index is 13.2. The van der Waals surface area contributed by atoms with Gasteiger partial charge in [0.1, 0.15) is 11.5 Å². The number of amides is 1. The number of carbonyl (C=O) groups is 2. The van der Waals surface area contributed by atoms with Crippen LogP contribution in [0.2, 0.25) is 10.0 Å². The predicted molar refractivity (Wildman–Crippen MR) is 135 cm³/mol. The summed E-state index contributed by atoms with van der Waals surface area (Å²) in [5, 5.41) is 11.9. The molecule has 3 aromatic rings. The van der Waals surface area contributed by atoms with E-state index in [0.717, 1.165) is 5.56 Å². The minimum atomic E-state index is -0.852. The Morgan fingerprint density at radius 1 is 1.03 bits per heavy atom. The Bertz CT molecular complexity index is 1270. The molecule has 0 saturated carbocycles. The standard InChI is InChI=1S/C27H24Cl2N2O4/c1-16(2)15-35-20-6-3-18(4-7-20)25(32)23-24(19-5-8-21(28)22(29)13-19)31(27(34)26(23)33)14-17-9-11-30-12-10-17/h3-13,16,24,32H,14-15H2,1-2H3/b25-23-. The normalized spacial score (nSPS) is 17.3. The van der Waals surface area contributed by atoms with Gasteiger partial charge in [0.25, 0.3) is 11.7 Å². The van der Waals surface area contributed by atoms with Gasteiger partial charge in [0, 0.05) is 24.5 Å². The van der Waals surface area contributed by atoms with Gasteiger partial charge in [0.2, 0.25) is 0 Å². The third kappa shape index (κ3) is 5.34. The molecule has 6 nitrogen and oxygen atoms in total. The van der Waals surface area contributed by atoms with Crippen molar-refractivity contribution in [1.82, 2.24) is 9.88 Å². The summed E-state index contributed by atoms with van der Waals surface area (Å²) < 4.78 is 5.70. The van der Waals surface area contributed by atoms with E-state index in [-0.39, 0.29) is 22.9 Å². The topological polar surface area (TPSA) is 79.7 Å². The Labute approximate surface area is 213 Å². The first-order chi connectivity index (χ1) is 16.8. The van der Waals surface area contributed by atoms with Crippen LogP contribution < -0.4 is 4.74 Å². The molecule has 1 unspecified atom stereocenters. The van der Waals surface area contributed by atoms with Crippen molar-refractivity contribution in [3.05, 3.63) is 99.3 Å². The third-order valence-electron chi connectivity index (χ3n) is 5.61. The van der Waals surface area contributed by atoms with E-state index in [1.165, 1.54) is 4.90 Å². The molecule has 2 aromatic carbocycles. The summed E-state index contributed by atoms with van der Waals surface area (Å²) in [5.41, 5.74) is 1.73. The van der Waals surface area contributed by atoms with Crippen LogP contribution in [0, 0.1) is 5.92 Å². The molecule has 8 heteroatoms. The van der Waals surface area contributed by atoms with Gasteiger partial charge in [-0.2, -0.15) is 0 Å². The molecule has 2 heterocycles. The van der Waals surface area contributed by atoms with Crippen LogP contribution in [0.25, 0.3) is 5.76 Å². The van der Waals surface area contributed by atoms with Gasteiger partial charge in [-0.15, -0.1) is 0 Å². The lowest BCUT2D eigenvalue weighted by molar-refractivity contribution is -0.140. The fourth-order valence-electron chi connectivity index (χ4n) is 3.88. The number of ketones is 1. The van der Waals surface area contributed by atoms with E-state index < -0.39 is 17.7 Å². The Morgan fingerprint density at radius 3 is 2.34 bits per heavy atom. The maximum absolute atomic E-state index is 13.2. The Hall–Kier alpha value is -3.35. The smallest absolute Gasteiger partial charge is 0.295 e. The lowest BCUT2D eigenvalue weighted by atomic mass is 9.95. The number of aliphatic hydroxyl groups excluding tert-OH is 1. The number of aliphatic hydroxyl groups is 1. The van der Waals surface area contributed by atoms with Gasteiger partial charge in [0.05, 0.1) is 28.3 Å². The summed E-state index contributed by atoms with van der Waals surface area (Å²) in [6, 6.07) is 14.3. The molecular formula is C27H24Cl2N2O4. The van der Waals surface area contributed by atoms with Crippen LogP contribution in [-0.4, -0.2) is 33.3 Å². The first kappa shape index (κ1) is 24.8. The summed E-state index contributed by atoms with van der Waals surface area (Å²) in [4.78, 5) is 31.7. The van der Waals surface area contributed by atoms with Crippen LogP contribution in [-0.2, 0) is 16.1 Å². The number of halogens is 2. The van der Waals surface area contributed by atoms with Gasteiger partial charge in [-0.25, -0.2) is 0 Å². The van der Waals surface area contributed by atoms with Crippen molar-refractivity contribution in [2.45, 2.75) is 26.4 Å². The van der Waals surface area contributed by atoms with Gasteiger partial charge < -0.3 is 14.7 Å². The molecule has 0 bridgehead atoms. The lowest BCUT2D eigenvalue weighted by Gasteiger charge is -2.25. The number of aromatic nitrogens is 1. The van der Waals surface area contributed by atoms with E-state index in [1.807, 2.05) is 13.8 Å². The van der Waals surface area contributed by atoms with Crippen molar-refractivity contribution in [1.29, 1.82) is 0 Å². The molecule has 1 aromatic heterocycles. The number of benzene rings is 2. The summed E-state index contributed by atoms with van der Waals surface area (Å²) >= 11 is 12.4. The van der Waals surface area contributed by atoms with E-state index in [2.05, 4.69) is 4.98 Å². The largest absolute Gasteiger partial charge is 0.507 e. The monoisotopic (exact) mass is 510 g/mol. The second-order valence-corrected chi connectivity index (χ2v) is 9.50. The predicted octanol–water partition coefficient (Wildman–Crippen LogP) is 6.05. The molecule has 1 atom stereocenters. The number of Topliss-reactive ketones (excluding diaryl/α,β-unsaturated/α-hetero) is 1. The van der Waals surface area contributed by atoms with Crippen molar-refractivity contribution in [2.24, 2.45) is 5.92 Å². The van der Waals surface area contributed by atoms with E-state index in [0.29, 0.717) is 34.4 Å². The number of pyridine rings is 1. The Kier molecular flexibility index (Phi) is 7.43. The zero-order valence-electron chi connectivity index (χ0n) is 19.2. The van der Waals surface area contributed by atoms with Crippen molar-refractivity contribution in [2.75, 3.05) is 6.61 Å². The highest BCUT2D eigenvalue weighted by atomic mass is 35.5. The van der Waals surface area contributed by atoms with E-state index in [1.54, 1.807) is 67.0 Å². The minimum absolute atomic E-state index is 0.0155. The van der Waals surface area contributed by atoms with Gasteiger partial charge in [-0.05, 0) is 65.6 Å². The van der Waals surface area contributed by atoms with E-state index >= 15 is 0 Å². The van der Waals surface area contributed by atoms with Crippen LogP contribution in [0.15, 0.2) is 72.6 Å². The van der Waals surface area contributed by atoms with Gasteiger partial charge in [0.15, 0.2) is 0 Å². The van der Waals surface area contributed by atoms with Crippen LogP contribution in [0.3, 0.4) is 0 Å². The van der Waals surface area contributed by atoms with Gasteiger partial charge >= 0.3 is 0 Å². The molecule has 1 saturated heterocycles. The average Bonchev–Trinajstić information content (AvgIpc) is 3.10. The summed E-state index contributed by atoms with van der Waals surface area (Å²) in [6.45, 7) is 4.81.